The van der Waals surface area contributed by atoms with Crippen LogP contribution in [-0.4, -0.2) is 44.5 Å². The van der Waals surface area contributed by atoms with E-state index in [1.54, 1.807) is 0 Å². The van der Waals surface area contributed by atoms with Gasteiger partial charge in [0.1, 0.15) is 5.69 Å². The van der Waals surface area contributed by atoms with Crippen molar-refractivity contribution < 1.29 is 19.0 Å². The first-order valence-electron chi connectivity index (χ1n) is 7.09. The Balaban J connectivity index is 2.43. The molecule has 23 heavy (non-hydrogen) atoms. The molecule has 0 saturated carbocycles. The van der Waals surface area contributed by atoms with Crippen LogP contribution in [0.4, 0.5) is 17.1 Å². The lowest BCUT2D eigenvalue weighted by Gasteiger charge is -2.17. The third-order valence-corrected chi connectivity index (χ3v) is 3.78. The monoisotopic (exact) mass is 343 g/mol. The molecule has 0 aliphatic rings. The smallest absolute Gasteiger partial charge is 0.299 e. The van der Waals surface area contributed by atoms with Crippen molar-refractivity contribution in [3.63, 3.8) is 0 Å². The molecule has 0 unspecified atom stereocenters. The zero-order valence-corrected chi connectivity index (χ0v) is 14.4. The maximum Gasteiger partial charge on any atom is 0.299 e. The highest BCUT2D eigenvalue weighted by molar-refractivity contribution is 6.69. The molecule has 0 spiro atoms. The van der Waals surface area contributed by atoms with E-state index in [4.69, 9.17) is 9.16 Å². The molecule has 1 aromatic carbocycles. The van der Waals surface area contributed by atoms with E-state index < -0.39 is 18.2 Å². The van der Waals surface area contributed by atoms with Crippen LogP contribution in [0.3, 0.4) is 0 Å². The number of nitro groups is 2. The van der Waals surface area contributed by atoms with Gasteiger partial charge in [-0.15, -0.1) is 0 Å². The van der Waals surface area contributed by atoms with Crippen molar-refractivity contribution in [1.29, 1.82) is 0 Å². The molecule has 0 aromatic heterocycles. The fourth-order valence-electron chi connectivity index (χ4n) is 1.70. The molecule has 0 fully saturated rings. The predicted octanol–water partition coefficient (Wildman–Crippen LogP) is 2.78. The average Bonchev–Trinajstić information content (AvgIpc) is 2.44. The minimum absolute atomic E-state index is 0.225. The van der Waals surface area contributed by atoms with E-state index in [2.05, 4.69) is 25.0 Å². The van der Waals surface area contributed by atoms with Crippen molar-refractivity contribution in [3.8, 4) is 0 Å². The minimum atomic E-state index is -1.54. The standard InChI is InChI=1S/C13H21N3O6Si/c1-23(2,3)22-9-8-21-7-6-14-12-5-4-11(15(17)18)10-13(12)16(19)20/h4-5,10,14H,6-9H2,1-3H3. The lowest BCUT2D eigenvalue weighted by Crippen LogP contribution is -2.27. The van der Waals surface area contributed by atoms with Gasteiger partial charge in [-0.2, -0.15) is 0 Å². The number of hydrogen-bond acceptors (Lipinski definition) is 7. The number of nitrogens with zero attached hydrogens (tertiary/aromatic N) is 2. The molecule has 0 aliphatic carbocycles. The summed E-state index contributed by atoms with van der Waals surface area (Å²) in [6.07, 6.45) is 0. The summed E-state index contributed by atoms with van der Waals surface area (Å²) < 4.78 is 11.0. The van der Waals surface area contributed by atoms with Crippen molar-refractivity contribution in [3.05, 3.63) is 38.4 Å². The largest absolute Gasteiger partial charge is 0.415 e. The molecule has 1 aromatic rings. The summed E-state index contributed by atoms with van der Waals surface area (Å²) in [6, 6.07) is 3.48. The van der Waals surface area contributed by atoms with E-state index in [-0.39, 0.29) is 17.1 Å². The molecule has 0 amide bonds. The lowest BCUT2D eigenvalue weighted by molar-refractivity contribution is -0.393. The van der Waals surface area contributed by atoms with Gasteiger partial charge in [0.2, 0.25) is 0 Å². The average molecular weight is 343 g/mol. The highest BCUT2D eigenvalue weighted by Gasteiger charge is 2.19. The van der Waals surface area contributed by atoms with Gasteiger partial charge < -0.3 is 14.5 Å². The number of non-ortho nitro benzene ring substituents is 1. The van der Waals surface area contributed by atoms with Crippen LogP contribution >= 0.6 is 0 Å². The summed E-state index contributed by atoms with van der Waals surface area (Å²) in [5, 5.41) is 24.5. The maximum atomic E-state index is 11.0. The second-order valence-corrected chi connectivity index (χ2v) is 10.2. The maximum absolute atomic E-state index is 11.0. The number of anilines is 1. The van der Waals surface area contributed by atoms with Crippen LogP contribution in [0, 0.1) is 20.2 Å². The Hall–Kier alpha value is -2.04. The van der Waals surface area contributed by atoms with Gasteiger partial charge in [0.15, 0.2) is 8.32 Å². The summed E-state index contributed by atoms with van der Waals surface area (Å²) in [6.45, 7) is 7.93. The van der Waals surface area contributed by atoms with Crippen LogP contribution in [0.2, 0.25) is 19.6 Å². The lowest BCUT2D eigenvalue weighted by atomic mass is 10.2. The second-order valence-electron chi connectivity index (χ2n) is 5.72. The fraction of sp³-hybridized carbons (Fsp3) is 0.538. The van der Waals surface area contributed by atoms with Crippen molar-refractivity contribution in [2.45, 2.75) is 19.6 Å². The van der Waals surface area contributed by atoms with Crippen LogP contribution in [-0.2, 0) is 9.16 Å². The topological polar surface area (TPSA) is 117 Å². The zero-order chi connectivity index (χ0) is 17.5. The summed E-state index contributed by atoms with van der Waals surface area (Å²) in [5.74, 6) is 0. The molecule has 10 heteroatoms. The Morgan fingerprint density at radius 3 is 2.35 bits per heavy atom. The van der Waals surface area contributed by atoms with E-state index >= 15 is 0 Å². The Bertz CT molecular complexity index is 561. The van der Waals surface area contributed by atoms with Crippen molar-refractivity contribution in [2.24, 2.45) is 0 Å². The Kier molecular flexibility index (Phi) is 7.07. The number of rotatable bonds is 10. The Morgan fingerprint density at radius 2 is 1.78 bits per heavy atom. The molecule has 1 rings (SSSR count). The number of nitrogens with one attached hydrogen (secondary N) is 1. The van der Waals surface area contributed by atoms with E-state index in [1.807, 2.05) is 0 Å². The fourth-order valence-corrected chi connectivity index (χ4v) is 2.40. The molecule has 1 N–H and O–H groups in total. The number of ether oxygens (including phenoxy) is 1. The molecule has 0 atom stereocenters. The van der Waals surface area contributed by atoms with Gasteiger partial charge in [-0.25, -0.2) is 0 Å². The molecule has 0 bridgehead atoms. The number of nitro benzene ring substituents is 2. The highest BCUT2D eigenvalue weighted by Crippen LogP contribution is 2.28. The minimum Gasteiger partial charge on any atom is -0.415 e. The summed E-state index contributed by atoms with van der Waals surface area (Å²) in [7, 11) is -1.54. The Morgan fingerprint density at radius 1 is 1.09 bits per heavy atom. The number of benzene rings is 1. The van der Waals surface area contributed by atoms with Crippen LogP contribution in [0.15, 0.2) is 18.2 Å². The summed E-state index contributed by atoms with van der Waals surface area (Å²) in [5.41, 5.74) is -0.425. The van der Waals surface area contributed by atoms with E-state index in [0.29, 0.717) is 26.4 Å². The Labute approximate surface area is 135 Å². The van der Waals surface area contributed by atoms with Gasteiger partial charge in [0, 0.05) is 12.6 Å². The summed E-state index contributed by atoms with van der Waals surface area (Å²) >= 11 is 0. The molecule has 128 valence electrons. The molecule has 0 aliphatic heterocycles. The highest BCUT2D eigenvalue weighted by atomic mass is 28.4. The van der Waals surface area contributed by atoms with E-state index in [0.717, 1.165) is 6.07 Å². The molecular formula is C13H21N3O6Si. The molecule has 9 nitrogen and oxygen atoms in total. The quantitative estimate of drug-likeness (QED) is 0.300. The first-order chi connectivity index (χ1) is 10.7. The third-order valence-electron chi connectivity index (χ3n) is 2.71. The van der Waals surface area contributed by atoms with Crippen LogP contribution in [0.5, 0.6) is 0 Å². The van der Waals surface area contributed by atoms with Gasteiger partial charge in [-0.1, -0.05) is 0 Å². The normalized spacial score (nSPS) is 11.3. The van der Waals surface area contributed by atoms with Gasteiger partial charge in [-0.05, 0) is 25.7 Å². The number of hydrogen-bond donors (Lipinski definition) is 1. The van der Waals surface area contributed by atoms with Gasteiger partial charge in [0.05, 0.1) is 35.7 Å². The van der Waals surface area contributed by atoms with E-state index in [1.165, 1.54) is 12.1 Å². The summed E-state index contributed by atoms with van der Waals surface area (Å²) in [4.78, 5) is 20.3. The van der Waals surface area contributed by atoms with Crippen molar-refractivity contribution in [2.75, 3.05) is 31.7 Å². The third kappa shape index (κ3) is 7.17. The van der Waals surface area contributed by atoms with E-state index in [9.17, 15) is 20.2 Å². The molecular weight excluding hydrogens is 322 g/mol. The van der Waals surface area contributed by atoms with Gasteiger partial charge in [-0.3, -0.25) is 20.2 Å². The van der Waals surface area contributed by atoms with Crippen LogP contribution in [0.1, 0.15) is 0 Å². The first kappa shape index (κ1) is 19.0. The van der Waals surface area contributed by atoms with Gasteiger partial charge in [0.25, 0.3) is 11.4 Å². The predicted molar refractivity (Wildman–Crippen MR) is 88.4 cm³/mol. The van der Waals surface area contributed by atoms with Crippen LogP contribution in [0.25, 0.3) is 0 Å². The van der Waals surface area contributed by atoms with Crippen molar-refractivity contribution in [1.82, 2.24) is 0 Å². The zero-order valence-electron chi connectivity index (χ0n) is 13.4. The van der Waals surface area contributed by atoms with Gasteiger partial charge >= 0.3 is 0 Å². The second kappa shape index (κ2) is 8.55. The van der Waals surface area contributed by atoms with Crippen molar-refractivity contribution >= 4 is 25.4 Å². The molecule has 0 radical (unpaired) electrons. The van der Waals surface area contributed by atoms with Crippen LogP contribution < -0.4 is 5.32 Å². The molecule has 0 saturated heterocycles. The SMILES string of the molecule is C[Si](C)(C)OCCOCCNc1ccc([N+](=O)[O-])cc1[N+](=O)[O-]. The molecule has 0 heterocycles. The first-order valence-corrected chi connectivity index (χ1v) is 10.5.